The summed E-state index contributed by atoms with van der Waals surface area (Å²) in [4.78, 5) is 0. The van der Waals surface area contributed by atoms with Gasteiger partial charge in [-0.2, -0.15) is 0 Å². The van der Waals surface area contributed by atoms with Gasteiger partial charge in [-0.15, -0.1) is 0 Å². The number of benzene rings is 2. The van der Waals surface area contributed by atoms with Crippen molar-refractivity contribution in [1.29, 1.82) is 0 Å². The van der Waals surface area contributed by atoms with Crippen LogP contribution in [-0.4, -0.2) is 23.9 Å². The summed E-state index contributed by atoms with van der Waals surface area (Å²) in [6.07, 6.45) is 8.16. The van der Waals surface area contributed by atoms with Crippen LogP contribution in [0.5, 0.6) is 0 Å². The molecule has 0 aromatic heterocycles. The van der Waals surface area contributed by atoms with Crippen molar-refractivity contribution in [3.63, 3.8) is 0 Å². The quantitative estimate of drug-likeness (QED) is 0.125. The summed E-state index contributed by atoms with van der Waals surface area (Å²) in [6, 6.07) is 21.9. The molecule has 2 rings (SSSR count). The van der Waals surface area contributed by atoms with E-state index in [-0.39, 0.29) is 0 Å². The van der Waals surface area contributed by atoms with E-state index in [2.05, 4.69) is 83.3 Å². The zero-order chi connectivity index (χ0) is 21.2. The Kier molecular flexibility index (Phi) is 9.65. The topological polar surface area (TPSA) is 0 Å². The molecule has 0 atom stereocenters. The van der Waals surface area contributed by atoms with E-state index in [0.29, 0.717) is 5.92 Å². The SMILES string of the molecule is [F][Sb-]([F])([F])([F])([F])[F].[IH+]CCCCCCCC(c1ccccc1)c1ccccc1. The largest absolute Gasteiger partial charge is 0.252 e. The molecule has 160 valence electrons. The number of rotatable bonds is 9. The molecule has 0 fully saturated rings. The van der Waals surface area contributed by atoms with Gasteiger partial charge in [0.05, 0.1) is 0 Å². The van der Waals surface area contributed by atoms with Crippen LogP contribution in [0.4, 0.5) is 16.9 Å². The zero-order valence-electron chi connectivity index (χ0n) is 15.4. The summed E-state index contributed by atoms with van der Waals surface area (Å²) >= 11 is -9.04. The smallest absolute Gasteiger partial charge is 0.0622 e. The number of hydrogen-bond acceptors (Lipinski definition) is 0. The van der Waals surface area contributed by atoms with Crippen LogP contribution in [0.2, 0.25) is 0 Å². The molecule has 0 saturated heterocycles. The summed E-state index contributed by atoms with van der Waals surface area (Å²) in [5, 5.41) is 0. The fourth-order valence-corrected chi connectivity index (χ4v) is 3.46. The molecule has 2 aromatic rings. The van der Waals surface area contributed by atoms with E-state index in [1.807, 2.05) is 0 Å². The molecule has 28 heavy (non-hydrogen) atoms. The summed E-state index contributed by atoms with van der Waals surface area (Å²) in [5.41, 5.74) is 2.91. The van der Waals surface area contributed by atoms with Crippen LogP contribution in [0, 0.1) is 0 Å². The maximum absolute atomic E-state index is 11.2. The maximum Gasteiger partial charge on any atom is 0.252 e. The Morgan fingerprint density at radius 3 is 1.36 bits per heavy atom. The van der Waals surface area contributed by atoms with Crippen molar-refractivity contribution < 1.29 is 39.5 Å². The average Bonchev–Trinajstić information content (AvgIpc) is 2.60. The second-order valence-electron chi connectivity index (χ2n) is 6.59. The van der Waals surface area contributed by atoms with Gasteiger partial charge in [-0.05, 0) is 30.4 Å². The summed E-state index contributed by atoms with van der Waals surface area (Å²) in [5.74, 6) is 0.555. The first kappa shape index (κ1) is 25.6. The van der Waals surface area contributed by atoms with Crippen molar-refractivity contribution in [3.8, 4) is 0 Å². The number of unbranched alkanes of at least 4 members (excludes halogenated alkanes) is 4. The van der Waals surface area contributed by atoms with Crippen LogP contribution < -0.4 is 22.6 Å². The van der Waals surface area contributed by atoms with Crippen molar-refractivity contribution in [2.24, 2.45) is 0 Å². The molecule has 0 saturated carbocycles. The number of hydrogen-bond donors (Lipinski definition) is 0. The third-order valence-electron chi connectivity index (χ3n) is 4.04. The van der Waals surface area contributed by atoms with Gasteiger partial charge in [-0.1, -0.05) is 79.9 Å². The van der Waals surface area contributed by atoms with Gasteiger partial charge < -0.3 is 0 Å². The standard InChI is InChI=1S/C20H26I.6FH.Sb/c21-17-11-3-1-2-10-16-20(18-12-6-4-7-13-18)19-14-8-5-9-15-19;;;;;;;/h4-9,12-15,20-21H,1-3,10-11,16-17H2;6*1H;/q+1;;;;;;;+5/p-6. The molecule has 0 aliphatic carbocycles. The van der Waals surface area contributed by atoms with Gasteiger partial charge in [0.15, 0.2) is 0 Å². The third-order valence-corrected chi connectivity index (χ3v) is 4.86. The van der Waals surface area contributed by atoms with Crippen molar-refractivity contribution in [3.05, 3.63) is 71.8 Å². The summed E-state index contributed by atoms with van der Waals surface area (Å²) < 4.78 is 60.9. The van der Waals surface area contributed by atoms with Gasteiger partial charge in [0.2, 0.25) is 0 Å². The first-order valence-corrected chi connectivity index (χ1v) is 16.5. The van der Waals surface area contributed by atoms with Gasteiger partial charge in [0, 0.05) is 5.92 Å². The Balaban J connectivity index is 0.000000480. The Hall–Kier alpha value is -0.432. The molecule has 8 heteroatoms. The Morgan fingerprint density at radius 1 is 0.607 bits per heavy atom. The maximum atomic E-state index is 9.93. The van der Waals surface area contributed by atoms with Crippen molar-refractivity contribution in [1.82, 2.24) is 0 Å². The second-order valence-corrected chi connectivity index (χ2v) is 13.2. The van der Waals surface area contributed by atoms with Gasteiger partial charge in [0.25, 0.3) is 22.6 Å². The van der Waals surface area contributed by atoms with E-state index in [4.69, 9.17) is 0 Å². The van der Waals surface area contributed by atoms with E-state index >= 15 is 0 Å². The third kappa shape index (κ3) is 15.5. The second kappa shape index (κ2) is 10.6. The number of halogens is 7. The minimum atomic E-state index is -11.2. The molecule has 0 unspecified atom stereocenters. The molecule has 0 bridgehead atoms. The molecule has 0 amide bonds. The fraction of sp³-hybridized carbons (Fsp3) is 0.400. The fourth-order valence-electron chi connectivity index (χ4n) is 2.88. The van der Waals surface area contributed by atoms with Crippen LogP contribution in [0.3, 0.4) is 0 Å². The van der Waals surface area contributed by atoms with Crippen molar-refractivity contribution in [2.45, 2.75) is 44.4 Å². The predicted molar refractivity (Wildman–Crippen MR) is 101 cm³/mol. The van der Waals surface area contributed by atoms with Gasteiger partial charge in [-0.3, -0.25) is 0 Å². The van der Waals surface area contributed by atoms with E-state index in [1.54, 1.807) is 0 Å². The first-order valence-electron chi connectivity index (χ1n) is 9.11. The molecule has 0 N–H and O–H groups in total. The average molecular weight is 629 g/mol. The molecule has 0 nitrogen and oxygen atoms in total. The predicted octanol–water partition coefficient (Wildman–Crippen LogP) is 4.59. The van der Waals surface area contributed by atoms with E-state index in [9.17, 15) is 16.9 Å². The van der Waals surface area contributed by atoms with E-state index in [0.717, 1.165) is 0 Å². The minimum Gasteiger partial charge on any atom is -0.0622 e. The van der Waals surface area contributed by atoms with E-state index in [1.165, 1.54) is 54.1 Å². The molecular formula is C20H26F6ISb. The molecule has 0 heterocycles. The Morgan fingerprint density at radius 2 is 0.964 bits per heavy atom. The van der Waals surface area contributed by atoms with Gasteiger partial charge >= 0.3 is 36.4 Å². The number of alkyl halides is 1. The van der Waals surface area contributed by atoms with Crippen LogP contribution in [-0.2, 0) is 0 Å². The molecular weight excluding hydrogens is 603 g/mol. The Bertz CT molecular complexity index is 623. The molecule has 0 aliphatic heterocycles. The Labute approximate surface area is 178 Å². The zero-order valence-corrected chi connectivity index (χ0v) is 20.3. The van der Waals surface area contributed by atoms with Crippen LogP contribution in [0.15, 0.2) is 60.7 Å². The van der Waals surface area contributed by atoms with Crippen LogP contribution in [0.25, 0.3) is 0 Å². The van der Waals surface area contributed by atoms with Gasteiger partial charge in [0.1, 0.15) is 4.43 Å². The first-order chi connectivity index (χ1) is 12.9. The minimum absolute atomic E-state index is 0.555. The summed E-state index contributed by atoms with van der Waals surface area (Å²) in [6.45, 7) is 0. The molecule has 2 aromatic carbocycles. The monoisotopic (exact) mass is 628 g/mol. The van der Waals surface area contributed by atoms with Crippen LogP contribution >= 0.6 is 0 Å². The van der Waals surface area contributed by atoms with Crippen molar-refractivity contribution in [2.75, 3.05) is 4.43 Å². The van der Waals surface area contributed by atoms with Crippen molar-refractivity contribution >= 4 is 19.5 Å². The van der Waals surface area contributed by atoms with Crippen LogP contribution in [0.1, 0.15) is 55.6 Å². The normalized spacial score (nSPS) is 14.0. The molecule has 0 spiro atoms. The van der Waals surface area contributed by atoms with E-state index < -0.39 is 19.5 Å². The molecule has 0 radical (unpaired) electrons. The molecule has 0 aliphatic rings. The van der Waals surface area contributed by atoms with Gasteiger partial charge in [-0.25, -0.2) is 0 Å². The summed E-state index contributed by atoms with van der Waals surface area (Å²) in [7, 11) is 0.